The first-order valence-electron chi connectivity index (χ1n) is 7.84. The molecule has 2 aromatic carbocycles. The van der Waals surface area contributed by atoms with Crippen LogP contribution < -0.4 is 10.6 Å². The zero-order chi connectivity index (χ0) is 18.7. The lowest BCUT2D eigenvalue weighted by molar-refractivity contribution is 0.102. The van der Waals surface area contributed by atoms with E-state index in [1.54, 1.807) is 18.2 Å². The number of nitrogens with zero attached hydrogens (tertiary/aromatic N) is 2. The molecule has 1 heterocycles. The topological polar surface area (TPSA) is 66.9 Å². The van der Waals surface area contributed by atoms with E-state index in [1.807, 2.05) is 26.0 Å². The number of carbonyl (C=O) groups is 1. The van der Waals surface area contributed by atoms with E-state index in [9.17, 15) is 4.79 Å². The van der Waals surface area contributed by atoms with E-state index in [0.717, 1.165) is 16.8 Å². The minimum atomic E-state index is -0.332. The number of aryl methyl sites for hydroxylation is 2. The average Bonchev–Trinajstić information content (AvgIpc) is 2.58. The minimum Gasteiger partial charge on any atom is -0.324 e. The van der Waals surface area contributed by atoms with Gasteiger partial charge in [0.15, 0.2) is 0 Å². The maximum absolute atomic E-state index is 12.3. The number of halogens is 2. The minimum absolute atomic E-state index is 0.332. The number of hydrogen-bond donors (Lipinski definition) is 2. The number of benzene rings is 2. The fourth-order valence-electron chi connectivity index (χ4n) is 2.46. The van der Waals surface area contributed by atoms with Gasteiger partial charge < -0.3 is 10.6 Å². The molecule has 0 aliphatic carbocycles. The molecule has 2 N–H and O–H groups in total. The summed E-state index contributed by atoms with van der Waals surface area (Å²) in [5.41, 5.74) is 4.06. The van der Waals surface area contributed by atoms with Crippen molar-refractivity contribution in [1.82, 2.24) is 9.97 Å². The molecular weight excluding hydrogens is 371 g/mol. The van der Waals surface area contributed by atoms with E-state index in [2.05, 4.69) is 26.7 Å². The third kappa shape index (κ3) is 4.50. The number of aromatic nitrogens is 2. The monoisotopic (exact) mass is 386 g/mol. The van der Waals surface area contributed by atoms with Crippen LogP contribution in [0.3, 0.4) is 0 Å². The zero-order valence-electron chi connectivity index (χ0n) is 14.2. The fraction of sp³-hybridized carbons (Fsp3) is 0.105. The van der Waals surface area contributed by atoms with Gasteiger partial charge in [0.2, 0.25) is 5.95 Å². The smallest absolute Gasteiger partial charge is 0.258 e. The fourth-order valence-corrected chi connectivity index (χ4v) is 2.76. The quantitative estimate of drug-likeness (QED) is 0.629. The van der Waals surface area contributed by atoms with Gasteiger partial charge in [-0.3, -0.25) is 4.79 Å². The van der Waals surface area contributed by atoms with Gasteiger partial charge in [0.05, 0.1) is 15.6 Å². The first-order chi connectivity index (χ1) is 12.4. The van der Waals surface area contributed by atoms with Gasteiger partial charge in [-0.05, 0) is 55.3 Å². The third-order valence-electron chi connectivity index (χ3n) is 3.57. The van der Waals surface area contributed by atoms with Gasteiger partial charge in [-0.15, -0.1) is 0 Å². The molecule has 5 nitrogen and oxygen atoms in total. The Bertz CT molecular complexity index is 938. The van der Waals surface area contributed by atoms with Crippen molar-refractivity contribution < 1.29 is 4.79 Å². The summed E-state index contributed by atoms with van der Waals surface area (Å²) in [5, 5.41) is 6.65. The number of nitrogens with one attached hydrogen (secondary N) is 2. The first kappa shape index (κ1) is 18.2. The summed E-state index contributed by atoms with van der Waals surface area (Å²) in [6, 6.07) is 11.0. The molecule has 0 aliphatic rings. The molecule has 26 heavy (non-hydrogen) atoms. The molecule has 1 amide bonds. The van der Waals surface area contributed by atoms with Crippen molar-refractivity contribution in [3.8, 4) is 0 Å². The van der Waals surface area contributed by atoms with Gasteiger partial charge in [-0.2, -0.15) is 0 Å². The Kier molecular flexibility index (Phi) is 5.40. The van der Waals surface area contributed by atoms with E-state index in [-0.39, 0.29) is 5.91 Å². The molecule has 0 spiro atoms. The average molecular weight is 387 g/mol. The van der Waals surface area contributed by atoms with Gasteiger partial charge in [0.1, 0.15) is 0 Å². The van der Waals surface area contributed by atoms with Crippen LogP contribution in [0.15, 0.2) is 48.8 Å². The summed E-state index contributed by atoms with van der Waals surface area (Å²) < 4.78 is 0. The Morgan fingerprint density at radius 2 is 1.54 bits per heavy atom. The van der Waals surface area contributed by atoms with Crippen molar-refractivity contribution in [1.29, 1.82) is 0 Å². The summed E-state index contributed by atoms with van der Waals surface area (Å²) in [6.45, 7) is 4.05. The van der Waals surface area contributed by atoms with Gasteiger partial charge >= 0.3 is 0 Å². The Labute approximate surface area is 161 Å². The standard InChI is InChI=1S/C19H16Cl2N4O/c1-11-5-12(2)7-15(6-11)25-19-22-9-13(10-23-19)18(26)24-14-3-4-16(20)17(21)8-14/h3-10H,1-2H3,(H,24,26)(H,22,23,25). The highest BCUT2D eigenvalue weighted by Gasteiger charge is 2.09. The number of amides is 1. The molecule has 0 saturated carbocycles. The molecule has 0 bridgehead atoms. The molecular formula is C19H16Cl2N4O. The number of carbonyl (C=O) groups excluding carboxylic acids is 1. The lowest BCUT2D eigenvalue weighted by Crippen LogP contribution is -2.13. The van der Waals surface area contributed by atoms with Crippen molar-refractivity contribution in [2.45, 2.75) is 13.8 Å². The molecule has 1 aromatic heterocycles. The zero-order valence-corrected chi connectivity index (χ0v) is 15.7. The Hall–Kier alpha value is -2.63. The first-order valence-corrected chi connectivity index (χ1v) is 8.60. The largest absolute Gasteiger partial charge is 0.324 e. The van der Waals surface area contributed by atoms with Crippen molar-refractivity contribution >= 4 is 46.4 Å². The summed E-state index contributed by atoms with van der Waals surface area (Å²) in [5.74, 6) is 0.0856. The lowest BCUT2D eigenvalue weighted by atomic mass is 10.1. The molecule has 0 unspecified atom stereocenters. The normalized spacial score (nSPS) is 10.5. The van der Waals surface area contributed by atoms with Crippen molar-refractivity contribution in [3.05, 3.63) is 75.5 Å². The molecule has 0 atom stereocenters. The molecule has 3 rings (SSSR count). The highest BCUT2D eigenvalue weighted by molar-refractivity contribution is 6.42. The molecule has 0 fully saturated rings. The van der Waals surface area contributed by atoms with Crippen LogP contribution in [0.25, 0.3) is 0 Å². The second-order valence-electron chi connectivity index (χ2n) is 5.88. The summed E-state index contributed by atoms with van der Waals surface area (Å²) in [7, 11) is 0. The summed E-state index contributed by atoms with van der Waals surface area (Å²) in [4.78, 5) is 20.7. The van der Waals surface area contributed by atoms with Crippen LogP contribution in [0.2, 0.25) is 10.0 Å². The van der Waals surface area contributed by atoms with Crippen LogP contribution in [-0.4, -0.2) is 15.9 Å². The molecule has 0 radical (unpaired) electrons. The van der Waals surface area contributed by atoms with E-state index >= 15 is 0 Å². The molecule has 132 valence electrons. The predicted octanol–water partition coefficient (Wildman–Crippen LogP) is 5.40. The van der Waals surface area contributed by atoms with Gasteiger partial charge in [-0.1, -0.05) is 29.3 Å². The van der Waals surface area contributed by atoms with Crippen molar-refractivity contribution in [2.75, 3.05) is 10.6 Å². The number of rotatable bonds is 4. The summed E-state index contributed by atoms with van der Waals surface area (Å²) in [6.07, 6.45) is 2.93. The van der Waals surface area contributed by atoms with Gasteiger partial charge in [-0.25, -0.2) is 9.97 Å². The molecule has 0 saturated heterocycles. The lowest BCUT2D eigenvalue weighted by Gasteiger charge is -2.08. The van der Waals surface area contributed by atoms with Crippen LogP contribution in [-0.2, 0) is 0 Å². The van der Waals surface area contributed by atoms with Gasteiger partial charge in [0, 0.05) is 23.8 Å². The van der Waals surface area contributed by atoms with Crippen LogP contribution >= 0.6 is 23.2 Å². The second kappa shape index (κ2) is 7.72. The third-order valence-corrected chi connectivity index (χ3v) is 4.31. The van der Waals surface area contributed by atoms with Gasteiger partial charge in [0.25, 0.3) is 5.91 Å². The Balaban J connectivity index is 1.70. The summed E-state index contributed by atoms with van der Waals surface area (Å²) >= 11 is 11.8. The van der Waals surface area contributed by atoms with Crippen LogP contribution in [0, 0.1) is 13.8 Å². The maximum atomic E-state index is 12.3. The van der Waals surface area contributed by atoms with E-state index in [1.165, 1.54) is 12.4 Å². The second-order valence-corrected chi connectivity index (χ2v) is 6.69. The van der Waals surface area contributed by atoms with Crippen LogP contribution in [0.4, 0.5) is 17.3 Å². The van der Waals surface area contributed by atoms with Crippen molar-refractivity contribution in [2.24, 2.45) is 0 Å². The number of hydrogen-bond acceptors (Lipinski definition) is 4. The Morgan fingerprint density at radius 1 is 0.885 bits per heavy atom. The van der Waals surface area contributed by atoms with E-state index in [4.69, 9.17) is 23.2 Å². The maximum Gasteiger partial charge on any atom is 0.258 e. The van der Waals surface area contributed by atoms with Crippen LogP contribution in [0.1, 0.15) is 21.5 Å². The van der Waals surface area contributed by atoms with Crippen LogP contribution in [0.5, 0.6) is 0 Å². The highest BCUT2D eigenvalue weighted by atomic mass is 35.5. The van der Waals surface area contributed by atoms with E-state index in [0.29, 0.717) is 27.2 Å². The predicted molar refractivity (Wildman–Crippen MR) is 106 cm³/mol. The Morgan fingerprint density at radius 3 is 2.15 bits per heavy atom. The SMILES string of the molecule is Cc1cc(C)cc(Nc2ncc(C(=O)Nc3ccc(Cl)c(Cl)c3)cn2)c1. The molecule has 3 aromatic rings. The van der Waals surface area contributed by atoms with E-state index < -0.39 is 0 Å². The highest BCUT2D eigenvalue weighted by Crippen LogP contribution is 2.25. The molecule has 0 aliphatic heterocycles. The van der Waals surface area contributed by atoms with Crippen molar-refractivity contribution in [3.63, 3.8) is 0 Å². The molecule has 7 heteroatoms. The number of anilines is 3.